The average Bonchev–Trinajstić information content (AvgIpc) is 3.36. The molecule has 7 nitrogen and oxygen atoms in total. The zero-order valence-corrected chi connectivity index (χ0v) is 18.1. The molecule has 0 aliphatic carbocycles. The molecule has 162 valence electrons. The van der Waals surface area contributed by atoms with Crippen LogP contribution in [0.25, 0.3) is 0 Å². The van der Waals surface area contributed by atoms with E-state index in [-0.39, 0.29) is 30.2 Å². The van der Waals surface area contributed by atoms with Crippen molar-refractivity contribution in [3.63, 3.8) is 0 Å². The molecule has 0 bridgehead atoms. The van der Waals surface area contributed by atoms with E-state index in [1.807, 2.05) is 49.4 Å². The average molecular weight is 421 g/mol. The van der Waals surface area contributed by atoms with Crippen molar-refractivity contribution in [1.29, 1.82) is 0 Å². The van der Waals surface area contributed by atoms with Crippen LogP contribution in [-0.2, 0) is 20.8 Å². The Labute approximate surface area is 182 Å². The minimum absolute atomic E-state index is 0.0199. The lowest BCUT2D eigenvalue weighted by Crippen LogP contribution is -2.34. The van der Waals surface area contributed by atoms with Crippen molar-refractivity contribution in [2.45, 2.75) is 32.7 Å². The van der Waals surface area contributed by atoms with Crippen molar-refractivity contribution in [1.82, 2.24) is 5.32 Å². The molecule has 0 radical (unpaired) electrons. The molecule has 2 aromatic rings. The Morgan fingerprint density at radius 2 is 1.90 bits per heavy atom. The van der Waals surface area contributed by atoms with E-state index in [4.69, 9.17) is 4.74 Å². The third-order valence-electron chi connectivity index (χ3n) is 6.12. The highest BCUT2D eigenvalue weighted by atomic mass is 16.5. The quantitative estimate of drug-likeness (QED) is 0.805. The lowest BCUT2D eigenvalue weighted by Gasteiger charge is -2.20. The second-order valence-corrected chi connectivity index (χ2v) is 8.14. The fourth-order valence-electron chi connectivity index (χ4n) is 4.32. The normalized spacial score (nSPS) is 18.7. The van der Waals surface area contributed by atoms with Crippen LogP contribution < -0.4 is 19.9 Å². The zero-order valence-electron chi connectivity index (χ0n) is 18.1. The second-order valence-electron chi connectivity index (χ2n) is 8.14. The molecule has 2 aliphatic heterocycles. The number of fused-ring (bicyclic) bond motifs is 1. The predicted octanol–water partition coefficient (Wildman–Crippen LogP) is 2.83. The van der Waals surface area contributed by atoms with Crippen LogP contribution in [0.3, 0.4) is 0 Å². The van der Waals surface area contributed by atoms with Crippen LogP contribution in [-0.4, -0.2) is 37.9 Å². The van der Waals surface area contributed by atoms with Gasteiger partial charge in [-0.25, -0.2) is 0 Å². The smallest absolute Gasteiger partial charge is 0.227 e. The van der Waals surface area contributed by atoms with Crippen LogP contribution in [0.15, 0.2) is 42.5 Å². The lowest BCUT2D eigenvalue weighted by atomic mass is 10.0. The van der Waals surface area contributed by atoms with Crippen molar-refractivity contribution in [2.75, 3.05) is 30.0 Å². The van der Waals surface area contributed by atoms with Crippen molar-refractivity contribution in [2.24, 2.45) is 5.92 Å². The van der Waals surface area contributed by atoms with E-state index in [1.54, 1.807) is 23.8 Å². The molecule has 1 N–H and O–H groups in total. The van der Waals surface area contributed by atoms with E-state index in [0.29, 0.717) is 13.1 Å². The molecule has 7 heteroatoms. The maximum Gasteiger partial charge on any atom is 0.227 e. The third-order valence-corrected chi connectivity index (χ3v) is 6.12. The molecule has 4 rings (SSSR count). The summed E-state index contributed by atoms with van der Waals surface area (Å²) in [4.78, 5) is 40.7. The molecule has 0 saturated carbocycles. The van der Waals surface area contributed by atoms with Crippen LogP contribution in [0.1, 0.15) is 37.4 Å². The Morgan fingerprint density at radius 3 is 2.58 bits per heavy atom. The van der Waals surface area contributed by atoms with Crippen molar-refractivity contribution >= 4 is 29.1 Å². The fourth-order valence-corrected chi connectivity index (χ4v) is 4.32. The molecule has 0 spiro atoms. The Morgan fingerprint density at radius 1 is 1.16 bits per heavy atom. The fraction of sp³-hybridized carbons (Fsp3) is 0.375. The van der Waals surface area contributed by atoms with Gasteiger partial charge >= 0.3 is 0 Å². The number of hydrogen-bond acceptors (Lipinski definition) is 4. The maximum absolute atomic E-state index is 12.8. The summed E-state index contributed by atoms with van der Waals surface area (Å²) in [6, 6.07) is 13.1. The third kappa shape index (κ3) is 4.13. The minimum atomic E-state index is -0.393. The number of hydrogen-bond donors (Lipinski definition) is 1. The van der Waals surface area contributed by atoms with Crippen LogP contribution >= 0.6 is 0 Å². The van der Waals surface area contributed by atoms with Crippen LogP contribution in [0.5, 0.6) is 5.75 Å². The maximum atomic E-state index is 12.8. The monoisotopic (exact) mass is 421 g/mol. The van der Waals surface area contributed by atoms with Gasteiger partial charge in [0.05, 0.1) is 19.1 Å². The Bertz CT molecular complexity index is 1020. The van der Waals surface area contributed by atoms with E-state index in [2.05, 4.69) is 5.32 Å². The number of carbonyl (C=O) groups is 3. The molecule has 3 amide bonds. The molecule has 0 unspecified atom stereocenters. The molecular weight excluding hydrogens is 394 g/mol. The summed E-state index contributed by atoms with van der Waals surface area (Å²) in [5.74, 6) is 0.211. The second kappa shape index (κ2) is 8.41. The van der Waals surface area contributed by atoms with E-state index < -0.39 is 5.92 Å². The van der Waals surface area contributed by atoms with E-state index in [0.717, 1.165) is 34.7 Å². The molecule has 1 fully saturated rings. The number of nitrogens with zero attached hydrogens (tertiary/aromatic N) is 2. The topological polar surface area (TPSA) is 79.0 Å². The molecule has 2 atom stereocenters. The van der Waals surface area contributed by atoms with E-state index in [9.17, 15) is 14.4 Å². The molecule has 2 heterocycles. The highest BCUT2D eigenvalue weighted by molar-refractivity contribution is 6.01. The van der Waals surface area contributed by atoms with Gasteiger partial charge in [0.1, 0.15) is 5.75 Å². The number of nitrogens with one attached hydrogen (secondary N) is 1. The summed E-state index contributed by atoms with van der Waals surface area (Å²) < 4.78 is 5.17. The Hall–Kier alpha value is -3.35. The Balaban J connectivity index is 1.42. The molecule has 31 heavy (non-hydrogen) atoms. The Kier molecular flexibility index (Phi) is 5.67. The number of amides is 3. The minimum Gasteiger partial charge on any atom is -0.497 e. The standard InChI is InChI=1S/C24H27N3O4/c1-15(17-4-7-21(31-3)8-5-17)25-24(30)19-13-23(29)27(14-19)20-6-9-22-18(12-20)10-11-26(22)16(2)28/h4-9,12,15,19H,10-11,13-14H2,1-3H3,(H,25,30)/t15-,19+/m0/s1. The first-order chi connectivity index (χ1) is 14.9. The summed E-state index contributed by atoms with van der Waals surface area (Å²) in [6.07, 6.45) is 0.964. The van der Waals surface area contributed by atoms with E-state index in [1.165, 1.54) is 0 Å². The first-order valence-electron chi connectivity index (χ1n) is 10.5. The number of methoxy groups -OCH3 is 1. The van der Waals surface area contributed by atoms with Gasteiger partial charge < -0.3 is 19.9 Å². The van der Waals surface area contributed by atoms with Gasteiger partial charge in [-0.05, 0) is 54.8 Å². The van der Waals surface area contributed by atoms with Crippen molar-refractivity contribution in [3.8, 4) is 5.75 Å². The summed E-state index contributed by atoms with van der Waals surface area (Å²) in [6.45, 7) is 4.50. The first kappa shape index (κ1) is 20.9. The van der Waals surface area contributed by atoms with Gasteiger partial charge in [-0.2, -0.15) is 0 Å². The van der Waals surface area contributed by atoms with Crippen LogP contribution in [0.2, 0.25) is 0 Å². The summed E-state index contributed by atoms with van der Waals surface area (Å²) in [7, 11) is 1.61. The van der Waals surface area contributed by atoms with Crippen LogP contribution in [0, 0.1) is 5.92 Å². The van der Waals surface area contributed by atoms with Gasteiger partial charge in [-0.15, -0.1) is 0 Å². The number of anilines is 2. The largest absolute Gasteiger partial charge is 0.497 e. The van der Waals surface area contributed by atoms with Gasteiger partial charge in [0.25, 0.3) is 0 Å². The summed E-state index contributed by atoms with van der Waals surface area (Å²) in [5, 5.41) is 3.03. The highest BCUT2D eigenvalue weighted by Crippen LogP contribution is 2.34. The lowest BCUT2D eigenvalue weighted by molar-refractivity contribution is -0.126. The van der Waals surface area contributed by atoms with Crippen LogP contribution in [0.4, 0.5) is 11.4 Å². The van der Waals surface area contributed by atoms with Gasteiger partial charge in [0.15, 0.2) is 0 Å². The first-order valence-corrected chi connectivity index (χ1v) is 10.5. The molecule has 1 saturated heterocycles. The van der Waals surface area contributed by atoms with E-state index >= 15 is 0 Å². The van der Waals surface area contributed by atoms with Gasteiger partial charge in [-0.1, -0.05) is 12.1 Å². The SMILES string of the molecule is COc1ccc([C@H](C)NC(=O)[C@@H]2CC(=O)N(c3ccc4c(c3)CCN4C(C)=O)C2)cc1. The molecule has 0 aromatic heterocycles. The van der Waals surface area contributed by atoms with Gasteiger partial charge in [0, 0.05) is 37.8 Å². The molecule has 2 aromatic carbocycles. The molecular formula is C24H27N3O4. The van der Waals surface area contributed by atoms with Crippen molar-refractivity contribution < 1.29 is 19.1 Å². The molecule has 2 aliphatic rings. The predicted molar refractivity (Wildman–Crippen MR) is 118 cm³/mol. The van der Waals surface area contributed by atoms with Gasteiger partial charge in [0.2, 0.25) is 17.7 Å². The zero-order chi connectivity index (χ0) is 22.1. The number of rotatable bonds is 5. The number of ether oxygens (including phenoxy) is 1. The summed E-state index contributed by atoms with van der Waals surface area (Å²) >= 11 is 0. The van der Waals surface area contributed by atoms with Crippen molar-refractivity contribution in [3.05, 3.63) is 53.6 Å². The number of benzene rings is 2. The summed E-state index contributed by atoms with van der Waals surface area (Å²) in [5.41, 5.74) is 3.73. The highest BCUT2D eigenvalue weighted by Gasteiger charge is 2.36. The number of carbonyl (C=O) groups excluding carboxylic acids is 3. The van der Waals surface area contributed by atoms with Gasteiger partial charge in [-0.3, -0.25) is 14.4 Å².